The molecule has 0 amide bonds. The SMILES string of the molecule is CCCNC(Cc1nc2ccccc2cc1C)CC(C)C. The molecule has 0 radical (unpaired) electrons. The molecule has 0 spiro atoms. The normalized spacial score (nSPS) is 13.0. The number of hydrogen-bond donors (Lipinski definition) is 1. The largest absolute Gasteiger partial charge is 0.314 e. The van der Waals surface area contributed by atoms with Crippen LogP contribution in [0.4, 0.5) is 0 Å². The molecule has 1 aromatic heterocycles. The maximum Gasteiger partial charge on any atom is 0.0705 e. The van der Waals surface area contributed by atoms with E-state index in [-0.39, 0.29) is 0 Å². The summed E-state index contributed by atoms with van der Waals surface area (Å²) in [6, 6.07) is 11.2. The molecule has 2 heteroatoms. The standard InChI is InChI=1S/C19H28N2/c1-5-10-20-17(11-14(2)3)13-19-15(4)12-16-8-6-7-9-18(16)21-19/h6-9,12,14,17,20H,5,10-11,13H2,1-4H3. The van der Waals surface area contributed by atoms with Gasteiger partial charge in [-0.25, -0.2) is 0 Å². The van der Waals surface area contributed by atoms with Crippen LogP contribution in [0.1, 0.15) is 44.9 Å². The number of aromatic nitrogens is 1. The summed E-state index contributed by atoms with van der Waals surface area (Å²) in [4.78, 5) is 4.89. The van der Waals surface area contributed by atoms with Gasteiger partial charge in [0.25, 0.3) is 0 Å². The molecule has 0 aliphatic carbocycles. The highest BCUT2D eigenvalue weighted by molar-refractivity contribution is 5.79. The predicted molar refractivity (Wildman–Crippen MR) is 91.7 cm³/mol. The minimum absolute atomic E-state index is 0.525. The Morgan fingerprint density at radius 2 is 1.95 bits per heavy atom. The summed E-state index contributed by atoms with van der Waals surface area (Å²) in [6.45, 7) is 10.1. The fraction of sp³-hybridized carbons (Fsp3) is 0.526. The Morgan fingerprint density at radius 3 is 2.67 bits per heavy atom. The molecule has 114 valence electrons. The van der Waals surface area contributed by atoms with Crippen LogP contribution in [0.5, 0.6) is 0 Å². The Hall–Kier alpha value is -1.41. The lowest BCUT2D eigenvalue weighted by molar-refractivity contribution is 0.413. The van der Waals surface area contributed by atoms with Gasteiger partial charge in [-0.15, -0.1) is 0 Å². The Morgan fingerprint density at radius 1 is 1.19 bits per heavy atom. The van der Waals surface area contributed by atoms with Crippen molar-refractivity contribution in [3.05, 3.63) is 41.6 Å². The second-order valence-electron chi connectivity index (χ2n) is 6.43. The first-order valence-electron chi connectivity index (χ1n) is 8.18. The molecule has 0 aliphatic rings. The molecule has 1 N–H and O–H groups in total. The van der Waals surface area contributed by atoms with Gasteiger partial charge in [0.15, 0.2) is 0 Å². The minimum atomic E-state index is 0.525. The van der Waals surface area contributed by atoms with Crippen LogP contribution in [0.2, 0.25) is 0 Å². The molecule has 0 saturated carbocycles. The minimum Gasteiger partial charge on any atom is -0.314 e. The van der Waals surface area contributed by atoms with Crippen LogP contribution >= 0.6 is 0 Å². The van der Waals surface area contributed by atoms with Gasteiger partial charge < -0.3 is 5.32 Å². The van der Waals surface area contributed by atoms with Gasteiger partial charge in [-0.1, -0.05) is 39.0 Å². The lowest BCUT2D eigenvalue weighted by Gasteiger charge is -2.21. The van der Waals surface area contributed by atoms with E-state index in [9.17, 15) is 0 Å². The Balaban J connectivity index is 2.20. The van der Waals surface area contributed by atoms with E-state index in [0.29, 0.717) is 12.0 Å². The molecule has 1 heterocycles. The summed E-state index contributed by atoms with van der Waals surface area (Å²) in [5, 5.41) is 4.92. The zero-order valence-electron chi connectivity index (χ0n) is 13.8. The van der Waals surface area contributed by atoms with Crippen LogP contribution in [-0.2, 0) is 6.42 Å². The van der Waals surface area contributed by atoms with Crippen molar-refractivity contribution in [3.8, 4) is 0 Å². The molecule has 21 heavy (non-hydrogen) atoms. The van der Waals surface area contributed by atoms with Crippen molar-refractivity contribution in [2.45, 2.75) is 53.0 Å². The molecule has 0 aliphatic heterocycles. The molecular weight excluding hydrogens is 256 g/mol. The van der Waals surface area contributed by atoms with Gasteiger partial charge in [0.2, 0.25) is 0 Å². The highest BCUT2D eigenvalue weighted by Gasteiger charge is 2.13. The fourth-order valence-corrected chi connectivity index (χ4v) is 2.86. The summed E-state index contributed by atoms with van der Waals surface area (Å²) in [5.74, 6) is 0.708. The number of para-hydroxylation sites is 1. The van der Waals surface area contributed by atoms with Crippen molar-refractivity contribution in [1.29, 1.82) is 0 Å². The summed E-state index contributed by atoms with van der Waals surface area (Å²) in [5.41, 5.74) is 3.65. The van der Waals surface area contributed by atoms with Crippen LogP contribution in [0.3, 0.4) is 0 Å². The van der Waals surface area contributed by atoms with Crippen LogP contribution in [0.15, 0.2) is 30.3 Å². The second-order valence-corrected chi connectivity index (χ2v) is 6.43. The number of nitrogens with zero attached hydrogens (tertiary/aromatic N) is 1. The van der Waals surface area contributed by atoms with Gasteiger partial charge >= 0.3 is 0 Å². The summed E-state index contributed by atoms with van der Waals surface area (Å²) in [6.07, 6.45) is 3.40. The van der Waals surface area contributed by atoms with Crippen molar-refractivity contribution >= 4 is 10.9 Å². The highest BCUT2D eigenvalue weighted by Crippen LogP contribution is 2.18. The second kappa shape index (κ2) is 7.56. The van der Waals surface area contributed by atoms with Crippen LogP contribution < -0.4 is 5.32 Å². The average Bonchev–Trinajstić information content (AvgIpc) is 2.45. The van der Waals surface area contributed by atoms with E-state index in [4.69, 9.17) is 4.98 Å². The van der Waals surface area contributed by atoms with E-state index >= 15 is 0 Å². The van der Waals surface area contributed by atoms with Gasteiger partial charge in [-0.3, -0.25) is 4.98 Å². The smallest absolute Gasteiger partial charge is 0.0705 e. The quantitative estimate of drug-likeness (QED) is 0.809. The number of benzene rings is 1. The van der Waals surface area contributed by atoms with Crippen molar-refractivity contribution in [2.75, 3.05) is 6.54 Å². The predicted octanol–water partition coefficient (Wildman–Crippen LogP) is 4.50. The molecule has 1 atom stereocenters. The number of nitrogens with one attached hydrogen (secondary N) is 1. The lowest BCUT2D eigenvalue weighted by atomic mass is 9.97. The van der Waals surface area contributed by atoms with E-state index in [1.807, 2.05) is 0 Å². The third-order valence-corrected chi connectivity index (χ3v) is 3.90. The first-order valence-corrected chi connectivity index (χ1v) is 8.18. The Kier molecular flexibility index (Phi) is 5.75. The third-order valence-electron chi connectivity index (χ3n) is 3.90. The zero-order valence-corrected chi connectivity index (χ0v) is 13.8. The summed E-state index contributed by atoms with van der Waals surface area (Å²) in [7, 11) is 0. The topological polar surface area (TPSA) is 24.9 Å². The van der Waals surface area contributed by atoms with E-state index in [1.165, 1.54) is 29.5 Å². The van der Waals surface area contributed by atoms with Crippen molar-refractivity contribution < 1.29 is 0 Å². The van der Waals surface area contributed by atoms with Crippen molar-refractivity contribution in [3.63, 3.8) is 0 Å². The van der Waals surface area contributed by atoms with E-state index < -0.39 is 0 Å². The van der Waals surface area contributed by atoms with Crippen molar-refractivity contribution in [1.82, 2.24) is 10.3 Å². The summed E-state index contributed by atoms with van der Waals surface area (Å²) >= 11 is 0. The van der Waals surface area contributed by atoms with Crippen LogP contribution in [0, 0.1) is 12.8 Å². The van der Waals surface area contributed by atoms with E-state index in [0.717, 1.165) is 18.5 Å². The molecule has 0 bridgehead atoms. The van der Waals surface area contributed by atoms with Gasteiger partial charge in [-0.2, -0.15) is 0 Å². The molecule has 1 unspecified atom stereocenters. The Labute approximate surface area is 129 Å². The first kappa shape index (κ1) is 16.0. The van der Waals surface area contributed by atoms with Gasteiger partial charge in [0.1, 0.15) is 0 Å². The molecule has 1 aromatic carbocycles. The number of rotatable bonds is 7. The van der Waals surface area contributed by atoms with E-state index in [2.05, 4.69) is 63.3 Å². The van der Waals surface area contributed by atoms with E-state index in [1.54, 1.807) is 0 Å². The zero-order chi connectivity index (χ0) is 15.2. The third kappa shape index (κ3) is 4.53. The molecule has 0 fully saturated rings. The highest BCUT2D eigenvalue weighted by atomic mass is 14.9. The first-order chi connectivity index (χ1) is 10.1. The number of aryl methyl sites for hydroxylation is 1. The summed E-state index contributed by atoms with van der Waals surface area (Å²) < 4.78 is 0. The average molecular weight is 284 g/mol. The maximum atomic E-state index is 4.89. The number of pyridine rings is 1. The lowest BCUT2D eigenvalue weighted by Crippen LogP contribution is -2.33. The Bertz CT molecular complexity index is 575. The fourth-order valence-electron chi connectivity index (χ4n) is 2.86. The monoisotopic (exact) mass is 284 g/mol. The van der Waals surface area contributed by atoms with Gasteiger partial charge in [0, 0.05) is 23.5 Å². The molecule has 2 aromatic rings. The van der Waals surface area contributed by atoms with Crippen molar-refractivity contribution in [2.24, 2.45) is 5.92 Å². The molecule has 2 nitrogen and oxygen atoms in total. The molecule has 2 rings (SSSR count). The van der Waals surface area contributed by atoms with Crippen LogP contribution in [0.25, 0.3) is 10.9 Å². The van der Waals surface area contributed by atoms with Crippen LogP contribution in [-0.4, -0.2) is 17.6 Å². The van der Waals surface area contributed by atoms with Gasteiger partial charge in [-0.05, 0) is 49.9 Å². The number of hydrogen-bond acceptors (Lipinski definition) is 2. The molecular formula is C19H28N2. The van der Waals surface area contributed by atoms with Gasteiger partial charge in [0.05, 0.1) is 5.52 Å². The maximum absolute atomic E-state index is 4.89. The number of fused-ring (bicyclic) bond motifs is 1. The molecule has 0 saturated heterocycles.